The Hall–Kier alpha value is -1.50. The average molecular weight is 335 g/mol. The van der Waals surface area contributed by atoms with Crippen LogP contribution in [0, 0.1) is 0 Å². The molecular weight excluding hydrogens is 319 g/mol. The standard InChI is InChI=1S/C13H16Cl2N2O4/c1-21-5-3-2-4-16-13(20)17-11-9(12(18)19)6-8(14)7-10(11)15/h6-7H,2-5H2,1H3,(H,18,19)(H2,16,17,20). The number of urea groups is 1. The van der Waals surface area contributed by atoms with Gasteiger partial charge in [0.25, 0.3) is 0 Å². The molecule has 116 valence electrons. The van der Waals surface area contributed by atoms with Crippen molar-refractivity contribution >= 4 is 40.9 Å². The molecule has 6 nitrogen and oxygen atoms in total. The first-order valence-corrected chi connectivity index (χ1v) is 6.97. The van der Waals surface area contributed by atoms with E-state index in [1.54, 1.807) is 7.11 Å². The van der Waals surface area contributed by atoms with Crippen molar-refractivity contribution in [2.24, 2.45) is 0 Å². The van der Waals surface area contributed by atoms with Gasteiger partial charge in [-0.25, -0.2) is 9.59 Å². The molecule has 0 aliphatic heterocycles. The largest absolute Gasteiger partial charge is 0.478 e. The Balaban J connectivity index is 2.65. The van der Waals surface area contributed by atoms with E-state index < -0.39 is 12.0 Å². The van der Waals surface area contributed by atoms with Crippen molar-refractivity contribution in [3.8, 4) is 0 Å². The van der Waals surface area contributed by atoms with E-state index in [1.807, 2.05) is 0 Å². The lowest BCUT2D eigenvalue weighted by Gasteiger charge is -2.12. The minimum absolute atomic E-state index is 0.0166. The fourth-order valence-electron chi connectivity index (χ4n) is 1.60. The van der Waals surface area contributed by atoms with E-state index in [4.69, 9.17) is 33.0 Å². The third-order valence-corrected chi connectivity index (χ3v) is 3.10. The number of benzene rings is 1. The third-order valence-electron chi connectivity index (χ3n) is 2.58. The summed E-state index contributed by atoms with van der Waals surface area (Å²) in [6.07, 6.45) is 1.57. The van der Waals surface area contributed by atoms with E-state index in [1.165, 1.54) is 12.1 Å². The smallest absolute Gasteiger partial charge is 0.337 e. The highest BCUT2D eigenvalue weighted by molar-refractivity contribution is 6.37. The number of unbranched alkanes of at least 4 members (excludes halogenated alkanes) is 1. The normalized spacial score (nSPS) is 10.2. The first kappa shape index (κ1) is 17.6. The molecule has 1 aromatic carbocycles. The predicted octanol–water partition coefficient (Wildman–Crippen LogP) is 3.24. The molecule has 0 saturated carbocycles. The zero-order chi connectivity index (χ0) is 15.8. The highest BCUT2D eigenvalue weighted by atomic mass is 35.5. The van der Waals surface area contributed by atoms with Crippen molar-refractivity contribution in [3.05, 3.63) is 27.7 Å². The van der Waals surface area contributed by atoms with Crippen LogP contribution in [0.4, 0.5) is 10.5 Å². The Kier molecular flexibility index (Phi) is 7.28. The van der Waals surface area contributed by atoms with Crippen LogP contribution in [0.2, 0.25) is 10.0 Å². The van der Waals surface area contributed by atoms with Gasteiger partial charge in [-0.15, -0.1) is 0 Å². The van der Waals surface area contributed by atoms with Crippen LogP contribution in [-0.4, -0.2) is 37.4 Å². The summed E-state index contributed by atoms with van der Waals surface area (Å²) in [6.45, 7) is 1.07. The number of nitrogens with one attached hydrogen (secondary N) is 2. The molecule has 21 heavy (non-hydrogen) atoms. The number of hydrogen-bond donors (Lipinski definition) is 3. The molecule has 0 unspecified atom stereocenters. The SMILES string of the molecule is COCCCCNC(=O)Nc1c(Cl)cc(Cl)cc1C(=O)O. The molecular formula is C13H16Cl2N2O4. The molecule has 0 aliphatic rings. The summed E-state index contributed by atoms with van der Waals surface area (Å²) in [7, 11) is 1.61. The van der Waals surface area contributed by atoms with Gasteiger partial charge in [0.05, 0.1) is 16.3 Å². The van der Waals surface area contributed by atoms with E-state index >= 15 is 0 Å². The maximum atomic E-state index is 11.7. The molecule has 0 fully saturated rings. The van der Waals surface area contributed by atoms with Gasteiger partial charge in [0.1, 0.15) is 0 Å². The number of aromatic carboxylic acids is 1. The maximum Gasteiger partial charge on any atom is 0.337 e. The van der Waals surface area contributed by atoms with Gasteiger partial charge in [-0.1, -0.05) is 23.2 Å². The first-order valence-electron chi connectivity index (χ1n) is 6.21. The van der Waals surface area contributed by atoms with E-state index in [0.717, 1.165) is 12.8 Å². The van der Waals surface area contributed by atoms with Gasteiger partial charge in [0.15, 0.2) is 0 Å². The van der Waals surface area contributed by atoms with Crippen LogP contribution in [0.5, 0.6) is 0 Å². The summed E-state index contributed by atoms with van der Waals surface area (Å²) in [5.74, 6) is -1.23. The van der Waals surface area contributed by atoms with Crippen molar-refractivity contribution in [2.75, 3.05) is 25.6 Å². The second-order valence-corrected chi connectivity index (χ2v) is 5.04. The molecule has 2 amide bonds. The monoisotopic (exact) mass is 334 g/mol. The quantitative estimate of drug-likeness (QED) is 0.668. The third kappa shape index (κ3) is 5.79. The Labute approximate surface area is 132 Å². The molecule has 0 aromatic heterocycles. The van der Waals surface area contributed by atoms with E-state index in [9.17, 15) is 9.59 Å². The van der Waals surface area contributed by atoms with Crippen molar-refractivity contribution in [3.63, 3.8) is 0 Å². The Morgan fingerprint density at radius 1 is 1.29 bits per heavy atom. The summed E-state index contributed by atoms with van der Waals surface area (Å²) in [5.41, 5.74) is -0.148. The number of carboxylic acids is 1. The zero-order valence-electron chi connectivity index (χ0n) is 11.4. The van der Waals surface area contributed by atoms with Crippen LogP contribution < -0.4 is 10.6 Å². The average Bonchev–Trinajstić information content (AvgIpc) is 2.41. The topological polar surface area (TPSA) is 87.7 Å². The van der Waals surface area contributed by atoms with Gasteiger partial charge >= 0.3 is 12.0 Å². The van der Waals surface area contributed by atoms with Crippen LogP contribution in [0.15, 0.2) is 12.1 Å². The minimum atomic E-state index is -1.23. The number of anilines is 1. The van der Waals surface area contributed by atoms with Gasteiger partial charge in [-0.3, -0.25) is 0 Å². The molecule has 0 radical (unpaired) electrons. The molecule has 0 bridgehead atoms. The molecule has 3 N–H and O–H groups in total. The second kappa shape index (κ2) is 8.71. The highest BCUT2D eigenvalue weighted by Crippen LogP contribution is 2.30. The summed E-state index contributed by atoms with van der Waals surface area (Å²) in [4.78, 5) is 22.9. The molecule has 0 aliphatic carbocycles. The lowest BCUT2D eigenvalue weighted by molar-refractivity contribution is 0.0698. The number of halogens is 2. The number of carbonyl (C=O) groups is 2. The number of amides is 2. The molecule has 0 atom stereocenters. The predicted molar refractivity (Wildman–Crippen MR) is 81.6 cm³/mol. The number of rotatable bonds is 7. The Morgan fingerprint density at radius 2 is 2.00 bits per heavy atom. The first-order chi connectivity index (χ1) is 9.95. The molecule has 8 heteroatoms. The van der Waals surface area contributed by atoms with Crippen molar-refractivity contribution in [1.82, 2.24) is 5.32 Å². The Bertz CT molecular complexity index is 523. The number of carbonyl (C=O) groups excluding carboxylic acids is 1. The van der Waals surface area contributed by atoms with Crippen LogP contribution >= 0.6 is 23.2 Å². The number of hydrogen-bond acceptors (Lipinski definition) is 3. The lowest BCUT2D eigenvalue weighted by atomic mass is 10.2. The lowest BCUT2D eigenvalue weighted by Crippen LogP contribution is -2.30. The van der Waals surface area contributed by atoms with E-state index in [0.29, 0.717) is 13.2 Å². The molecule has 1 rings (SSSR count). The summed E-state index contributed by atoms with van der Waals surface area (Å²) in [5, 5.41) is 14.4. The van der Waals surface area contributed by atoms with Crippen molar-refractivity contribution in [1.29, 1.82) is 0 Å². The molecule has 0 saturated heterocycles. The number of carboxylic acid groups (broad SMARTS) is 1. The van der Waals surface area contributed by atoms with E-state index in [-0.39, 0.29) is 21.3 Å². The van der Waals surface area contributed by atoms with Crippen LogP contribution in [0.25, 0.3) is 0 Å². The number of ether oxygens (including phenoxy) is 1. The summed E-state index contributed by atoms with van der Waals surface area (Å²) < 4.78 is 4.89. The fraction of sp³-hybridized carbons (Fsp3) is 0.385. The summed E-state index contributed by atoms with van der Waals surface area (Å²) in [6, 6.07) is 2.06. The van der Waals surface area contributed by atoms with Crippen molar-refractivity contribution < 1.29 is 19.4 Å². The zero-order valence-corrected chi connectivity index (χ0v) is 12.9. The van der Waals surface area contributed by atoms with Crippen LogP contribution in [-0.2, 0) is 4.74 Å². The van der Waals surface area contributed by atoms with Crippen LogP contribution in [0.1, 0.15) is 23.2 Å². The molecule has 0 spiro atoms. The van der Waals surface area contributed by atoms with E-state index in [2.05, 4.69) is 10.6 Å². The van der Waals surface area contributed by atoms with Gasteiger partial charge in [-0.05, 0) is 25.0 Å². The highest BCUT2D eigenvalue weighted by Gasteiger charge is 2.17. The van der Waals surface area contributed by atoms with Gasteiger partial charge in [0, 0.05) is 25.3 Å². The summed E-state index contributed by atoms with van der Waals surface area (Å²) >= 11 is 11.7. The molecule has 1 aromatic rings. The van der Waals surface area contributed by atoms with Gasteiger partial charge in [-0.2, -0.15) is 0 Å². The van der Waals surface area contributed by atoms with Crippen molar-refractivity contribution in [2.45, 2.75) is 12.8 Å². The Morgan fingerprint density at radius 3 is 2.62 bits per heavy atom. The second-order valence-electron chi connectivity index (χ2n) is 4.20. The molecule has 0 heterocycles. The van der Waals surface area contributed by atoms with Crippen LogP contribution in [0.3, 0.4) is 0 Å². The maximum absolute atomic E-state index is 11.7. The van der Waals surface area contributed by atoms with Gasteiger partial charge in [0.2, 0.25) is 0 Å². The fourth-order valence-corrected chi connectivity index (χ4v) is 2.14. The minimum Gasteiger partial charge on any atom is -0.478 e. The van der Waals surface area contributed by atoms with Gasteiger partial charge < -0.3 is 20.5 Å². The number of methoxy groups -OCH3 is 1.